The summed E-state index contributed by atoms with van der Waals surface area (Å²) in [5.74, 6) is 1.45. The van der Waals surface area contributed by atoms with Gasteiger partial charge in [0.2, 0.25) is 0 Å². The quantitative estimate of drug-likeness (QED) is 0.393. The minimum Gasteiger partial charge on any atom is -0.482 e. The van der Waals surface area contributed by atoms with E-state index in [0.29, 0.717) is 23.0 Å². The molecule has 0 radical (unpaired) electrons. The molecule has 29 heavy (non-hydrogen) atoms. The molecule has 0 aliphatic rings. The maximum atomic E-state index is 11.7. The van der Waals surface area contributed by atoms with Crippen LogP contribution >= 0.6 is 0 Å². The highest BCUT2D eigenvalue weighted by molar-refractivity contribution is 5.71. The van der Waals surface area contributed by atoms with Gasteiger partial charge in [0.1, 0.15) is 11.4 Å². The summed E-state index contributed by atoms with van der Waals surface area (Å²) in [6, 6.07) is 8.15. The Bertz CT molecular complexity index is 561. The molecule has 3 nitrogen and oxygen atoms in total. The zero-order chi connectivity index (χ0) is 22.7. The van der Waals surface area contributed by atoms with Crippen LogP contribution in [0, 0.1) is 11.3 Å². The zero-order valence-electron chi connectivity index (χ0n) is 20.7. The molecule has 0 saturated heterocycles. The van der Waals surface area contributed by atoms with Crippen LogP contribution in [-0.2, 0) is 9.53 Å². The van der Waals surface area contributed by atoms with Gasteiger partial charge in [-0.05, 0) is 68.6 Å². The van der Waals surface area contributed by atoms with E-state index in [2.05, 4.69) is 60.6 Å². The minimum absolute atomic E-state index is 0.0635. The summed E-state index contributed by atoms with van der Waals surface area (Å²) < 4.78 is 10.8. The number of unbranched alkanes of at least 4 members (excludes halogenated alkanes) is 1. The Balaban J connectivity index is 0.00000178. The van der Waals surface area contributed by atoms with Crippen molar-refractivity contribution >= 4 is 5.97 Å². The molecule has 1 aromatic carbocycles. The summed E-state index contributed by atoms with van der Waals surface area (Å²) in [6.07, 6.45) is 4.97. The first-order chi connectivity index (χ1) is 13.5. The van der Waals surface area contributed by atoms with Crippen LogP contribution in [0.2, 0.25) is 0 Å². The minimum atomic E-state index is -0.486. The maximum absolute atomic E-state index is 11.7. The standard InChI is InChI=1S/C22H36O3.C4H10/c1-9-22(10-2,16(3)4)17(5)18-11-13-19(14-12-18)24-15-20(23)25-21(6,7)8;1-3-4-2/h11-14,16-17H,9-10,15H2,1-8H3;3-4H2,1-2H3. The largest absolute Gasteiger partial charge is 0.482 e. The normalized spacial score (nSPS) is 12.8. The fraction of sp³-hybridized carbons (Fsp3) is 0.731. The van der Waals surface area contributed by atoms with Gasteiger partial charge in [-0.2, -0.15) is 0 Å². The molecule has 1 rings (SSSR count). The number of esters is 1. The highest BCUT2D eigenvalue weighted by Gasteiger charge is 2.36. The fourth-order valence-electron chi connectivity index (χ4n) is 3.88. The van der Waals surface area contributed by atoms with E-state index in [1.165, 1.54) is 31.2 Å². The summed E-state index contributed by atoms with van der Waals surface area (Å²) in [7, 11) is 0. The number of hydrogen-bond donors (Lipinski definition) is 0. The lowest BCUT2D eigenvalue weighted by Crippen LogP contribution is -2.31. The summed E-state index contributed by atoms with van der Waals surface area (Å²) >= 11 is 0. The molecule has 0 spiro atoms. The van der Waals surface area contributed by atoms with E-state index in [1.807, 2.05) is 32.9 Å². The lowest BCUT2D eigenvalue weighted by atomic mass is 9.63. The van der Waals surface area contributed by atoms with Crippen LogP contribution in [0.5, 0.6) is 5.75 Å². The molecule has 0 N–H and O–H groups in total. The SMILES string of the molecule is CCC(CC)(C(C)C)C(C)c1ccc(OCC(=O)OC(C)(C)C)cc1.CCCC. The number of hydrogen-bond acceptors (Lipinski definition) is 3. The molecule has 0 saturated carbocycles. The van der Waals surface area contributed by atoms with Gasteiger partial charge in [-0.15, -0.1) is 0 Å². The zero-order valence-corrected chi connectivity index (χ0v) is 20.7. The van der Waals surface area contributed by atoms with Crippen LogP contribution in [-0.4, -0.2) is 18.2 Å². The summed E-state index contributed by atoms with van der Waals surface area (Å²) in [4.78, 5) is 11.7. The number of benzene rings is 1. The van der Waals surface area contributed by atoms with Crippen molar-refractivity contribution in [1.82, 2.24) is 0 Å². The monoisotopic (exact) mass is 406 g/mol. The molecule has 0 aliphatic carbocycles. The van der Waals surface area contributed by atoms with Crippen molar-refractivity contribution in [1.29, 1.82) is 0 Å². The first-order valence-electron chi connectivity index (χ1n) is 11.4. The summed E-state index contributed by atoms with van der Waals surface area (Å²) in [5, 5.41) is 0. The van der Waals surface area contributed by atoms with Gasteiger partial charge in [0, 0.05) is 0 Å². The Kier molecular flexibility index (Phi) is 12.3. The van der Waals surface area contributed by atoms with Gasteiger partial charge in [-0.3, -0.25) is 0 Å². The average molecular weight is 407 g/mol. The molecule has 3 heteroatoms. The molecule has 0 amide bonds. The van der Waals surface area contributed by atoms with Crippen LogP contribution in [0.4, 0.5) is 0 Å². The van der Waals surface area contributed by atoms with Gasteiger partial charge in [0.15, 0.2) is 6.61 Å². The lowest BCUT2D eigenvalue weighted by Gasteiger charge is -2.42. The van der Waals surface area contributed by atoms with E-state index in [4.69, 9.17) is 9.47 Å². The van der Waals surface area contributed by atoms with Crippen molar-refractivity contribution in [2.75, 3.05) is 6.61 Å². The number of carbonyl (C=O) groups is 1. The van der Waals surface area contributed by atoms with Crippen LogP contribution in [0.3, 0.4) is 0 Å². The van der Waals surface area contributed by atoms with Gasteiger partial charge in [-0.25, -0.2) is 4.79 Å². The summed E-state index contributed by atoms with van der Waals surface area (Å²) in [6.45, 7) is 21.4. The number of rotatable bonds is 9. The van der Waals surface area contributed by atoms with E-state index in [-0.39, 0.29) is 12.6 Å². The first kappa shape index (κ1) is 27.5. The third-order valence-corrected chi connectivity index (χ3v) is 5.99. The highest BCUT2D eigenvalue weighted by atomic mass is 16.6. The molecule has 1 atom stereocenters. The van der Waals surface area contributed by atoms with E-state index in [9.17, 15) is 4.79 Å². The third kappa shape index (κ3) is 9.23. The molecule has 1 unspecified atom stereocenters. The van der Waals surface area contributed by atoms with Gasteiger partial charge < -0.3 is 9.47 Å². The van der Waals surface area contributed by atoms with Crippen LogP contribution < -0.4 is 4.74 Å². The molecule has 0 aromatic heterocycles. The Hall–Kier alpha value is -1.51. The van der Waals surface area contributed by atoms with Gasteiger partial charge in [0.05, 0.1) is 0 Å². The van der Waals surface area contributed by atoms with Crippen molar-refractivity contribution in [3.8, 4) is 5.75 Å². The van der Waals surface area contributed by atoms with Crippen LogP contribution in [0.15, 0.2) is 24.3 Å². The fourth-order valence-corrected chi connectivity index (χ4v) is 3.88. The van der Waals surface area contributed by atoms with E-state index in [1.54, 1.807) is 0 Å². The Morgan fingerprint density at radius 3 is 1.72 bits per heavy atom. The average Bonchev–Trinajstić information content (AvgIpc) is 2.66. The Morgan fingerprint density at radius 1 is 0.897 bits per heavy atom. The van der Waals surface area contributed by atoms with Crippen molar-refractivity contribution in [3.05, 3.63) is 29.8 Å². The molecule has 168 valence electrons. The molecule has 0 aliphatic heterocycles. The molecule has 1 aromatic rings. The second kappa shape index (κ2) is 12.9. The van der Waals surface area contributed by atoms with Crippen molar-refractivity contribution in [3.63, 3.8) is 0 Å². The maximum Gasteiger partial charge on any atom is 0.344 e. The van der Waals surface area contributed by atoms with Crippen molar-refractivity contribution in [2.45, 2.75) is 106 Å². The first-order valence-corrected chi connectivity index (χ1v) is 11.4. The lowest BCUT2D eigenvalue weighted by molar-refractivity contribution is -0.157. The molecule has 0 fully saturated rings. The Labute approximate surface area is 180 Å². The van der Waals surface area contributed by atoms with Gasteiger partial charge >= 0.3 is 5.97 Å². The second-order valence-electron chi connectivity index (χ2n) is 9.26. The topological polar surface area (TPSA) is 35.5 Å². The predicted octanol–water partition coefficient (Wildman–Crippen LogP) is 7.78. The molecule has 0 heterocycles. The molecular formula is C26H46O3. The number of ether oxygens (including phenoxy) is 2. The van der Waals surface area contributed by atoms with Crippen molar-refractivity contribution in [2.24, 2.45) is 11.3 Å². The summed E-state index contributed by atoms with van der Waals surface area (Å²) in [5.41, 5.74) is 1.14. The van der Waals surface area contributed by atoms with E-state index in [0.717, 1.165) is 0 Å². The van der Waals surface area contributed by atoms with E-state index < -0.39 is 5.60 Å². The van der Waals surface area contributed by atoms with E-state index >= 15 is 0 Å². The van der Waals surface area contributed by atoms with Crippen LogP contribution in [0.25, 0.3) is 0 Å². The third-order valence-electron chi connectivity index (χ3n) is 5.99. The van der Waals surface area contributed by atoms with Gasteiger partial charge in [0.25, 0.3) is 0 Å². The second-order valence-corrected chi connectivity index (χ2v) is 9.26. The number of carbonyl (C=O) groups excluding carboxylic acids is 1. The highest BCUT2D eigenvalue weighted by Crippen LogP contribution is 2.47. The van der Waals surface area contributed by atoms with Gasteiger partial charge in [-0.1, -0.05) is 73.4 Å². The van der Waals surface area contributed by atoms with Crippen molar-refractivity contribution < 1.29 is 14.3 Å². The smallest absolute Gasteiger partial charge is 0.344 e. The molecule has 0 bridgehead atoms. The Morgan fingerprint density at radius 2 is 1.38 bits per heavy atom. The molecular weight excluding hydrogens is 360 g/mol. The van der Waals surface area contributed by atoms with Crippen LogP contribution in [0.1, 0.15) is 106 Å². The predicted molar refractivity (Wildman–Crippen MR) is 125 cm³/mol.